The molecule has 0 radical (unpaired) electrons. The van der Waals surface area contributed by atoms with E-state index in [1.807, 2.05) is 12.1 Å². The van der Waals surface area contributed by atoms with Crippen LogP contribution in [0, 0.1) is 0 Å². The van der Waals surface area contributed by atoms with Gasteiger partial charge in [-0.15, -0.1) is 0 Å². The van der Waals surface area contributed by atoms with E-state index < -0.39 is 0 Å². The van der Waals surface area contributed by atoms with Crippen LogP contribution in [0.1, 0.15) is 33.4 Å². The maximum absolute atomic E-state index is 12.4. The van der Waals surface area contributed by atoms with E-state index in [0.717, 1.165) is 11.5 Å². The van der Waals surface area contributed by atoms with Crippen LogP contribution in [0.5, 0.6) is 0 Å². The summed E-state index contributed by atoms with van der Waals surface area (Å²) in [6, 6.07) is 10.7. The number of furan rings is 1. The molecule has 8 heteroatoms. The number of hydrogen-bond acceptors (Lipinski definition) is 5. The van der Waals surface area contributed by atoms with Crippen molar-refractivity contribution in [3.63, 3.8) is 0 Å². The number of nitrogens with zero attached hydrogens (tertiary/aromatic N) is 3. The number of benzene rings is 1. The molecule has 0 spiro atoms. The third-order valence-corrected chi connectivity index (χ3v) is 4.73. The fourth-order valence-corrected chi connectivity index (χ4v) is 3.16. The van der Waals surface area contributed by atoms with Crippen LogP contribution in [0.25, 0.3) is 0 Å². The van der Waals surface area contributed by atoms with E-state index >= 15 is 0 Å². The van der Waals surface area contributed by atoms with Crippen molar-refractivity contribution in [2.24, 2.45) is 4.99 Å². The quantitative estimate of drug-likeness (QED) is 0.471. The van der Waals surface area contributed by atoms with Crippen LogP contribution in [0.15, 0.2) is 52.1 Å². The maximum atomic E-state index is 12.4. The highest BCUT2D eigenvalue weighted by molar-refractivity contribution is 5.91. The number of amides is 1. The molecule has 154 valence electrons. The Morgan fingerprint density at radius 2 is 1.79 bits per heavy atom. The molecule has 0 bridgehead atoms. The van der Waals surface area contributed by atoms with E-state index in [9.17, 15) is 9.59 Å². The number of nitrogens with one attached hydrogen (secondary N) is 1. The smallest absolute Gasteiger partial charge is 0.338 e. The predicted octanol–water partition coefficient (Wildman–Crippen LogP) is 1.99. The fraction of sp³-hybridized carbons (Fsp3) is 0.381. The summed E-state index contributed by atoms with van der Waals surface area (Å²) in [6.45, 7) is 5.32. The molecular formula is C21H26N4O4. The van der Waals surface area contributed by atoms with Gasteiger partial charge in [-0.25, -0.2) is 4.79 Å². The van der Waals surface area contributed by atoms with Gasteiger partial charge in [0.05, 0.1) is 18.4 Å². The van der Waals surface area contributed by atoms with Crippen LogP contribution in [0.2, 0.25) is 0 Å². The number of esters is 1. The molecule has 1 aliphatic heterocycles. The highest BCUT2D eigenvalue weighted by Crippen LogP contribution is 2.10. The van der Waals surface area contributed by atoms with Gasteiger partial charge >= 0.3 is 5.97 Å². The van der Waals surface area contributed by atoms with Crippen molar-refractivity contribution in [1.82, 2.24) is 15.1 Å². The van der Waals surface area contributed by atoms with Gasteiger partial charge < -0.3 is 24.3 Å². The summed E-state index contributed by atoms with van der Waals surface area (Å²) >= 11 is 0. The van der Waals surface area contributed by atoms with Gasteiger partial charge in [-0.1, -0.05) is 12.1 Å². The number of carbonyl (C=O) groups excluding carboxylic acids is 2. The van der Waals surface area contributed by atoms with Crippen molar-refractivity contribution in [1.29, 1.82) is 0 Å². The lowest BCUT2D eigenvalue weighted by Crippen LogP contribution is -2.53. The zero-order valence-electron chi connectivity index (χ0n) is 16.8. The molecule has 1 aromatic carbocycles. The van der Waals surface area contributed by atoms with Gasteiger partial charge in [0.25, 0.3) is 5.91 Å². The highest BCUT2D eigenvalue weighted by Gasteiger charge is 2.25. The Kier molecular flexibility index (Phi) is 6.89. The summed E-state index contributed by atoms with van der Waals surface area (Å²) in [5.74, 6) is 0.751. The van der Waals surface area contributed by atoms with Gasteiger partial charge in [-0.05, 0) is 36.8 Å². The minimum absolute atomic E-state index is 0.0840. The molecule has 29 heavy (non-hydrogen) atoms. The molecule has 1 fully saturated rings. The predicted molar refractivity (Wildman–Crippen MR) is 109 cm³/mol. The largest absolute Gasteiger partial charge is 0.462 e. The molecule has 0 saturated carbocycles. The Morgan fingerprint density at radius 1 is 1.10 bits per heavy atom. The molecule has 3 rings (SSSR count). The summed E-state index contributed by atoms with van der Waals surface area (Å²) in [5.41, 5.74) is 1.57. The van der Waals surface area contributed by atoms with Crippen LogP contribution in [-0.4, -0.2) is 67.5 Å². The van der Waals surface area contributed by atoms with E-state index in [2.05, 4.69) is 15.2 Å². The minimum atomic E-state index is -0.315. The van der Waals surface area contributed by atoms with Crippen LogP contribution < -0.4 is 5.32 Å². The first kappa shape index (κ1) is 20.4. The zero-order chi connectivity index (χ0) is 20.6. The van der Waals surface area contributed by atoms with Crippen molar-refractivity contribution < 1.29 is 18.7 Å². The van der Waals surface area contributed by atoms with Crippen LogP contribution in [0.3, 0.4) is 0 Å². The topological polar surface area (TPSA) is 87.4 Å². The van der Waals surface area contributed by atoms with Crippen molar-refractivity contribution in [3.8, 4) is 0 Å². The highest BCUT2D eigenvalue weighted by atomic mass is 16.5. The first-order valence-corrected chi connectivity index (χ1v) is 9.66. The molecule has 1 saturated heterocycles. The third-order valence-electron chi connectivity index (χ3n) is 4.73. The molecule has 2 aromatic rings. The molecule has 1 N–H and O–H groups in total. The second-order valence-electron chi connectivity index (χ2n) is 6.57. The molecule has 0 unspecified atom stereocenters. The van der Waals surface area contributed by atoms with E-state index in [1.54, 1.807) is 43.1 Å². The van der Waals surface area contributed by atoms with Gasteiger partial charge in [0.15, 0.2) is 11.7 Å². The fourth-order valence-electron chi connectivity index (χ4n) is 3.16. The summed E-state index contributed by atoms with van der Waals surface area (Å²) in [5, 5.41) is 3.34. The minimum Gasteiger partial charge on any atom is -0.462 e. The molecule has 1 aliphatic rings. The normalized spacial score (nSPS) is 14.6. The second-order valence-corrected chi connectivity index (χ2v) is 6.57. The lowest BCUT2D eigenvalue weighted by molar-refractivity contribution is 0.0526. The molecule has 0 aliphatic carbocycles. The van der Waals surface area contributed by atoms with E-state index in [0.29, 0.717) is 50.7 Å². The lowest BCUT2D eigenvalue weighted by Gasteiger charge is -2.36. The Morgan fingerprint density at radius 3 is 2.38 bits per heavy atom. The number of rotatable bonds is 5. The van der Waals surface area contributed by atoms with Gasteiger partial charge in [-0.3, -0.25) is 9.79 Å². The summed E-state index contributed by atoms with van der Waals surface area (Å²) in [4.78, 5) is 32.4. The van der Waals surface area contributed by atoms with Crippen molar-refractivity contribution in [2.75, 3.05) is 39.8 Å². The van der Waals surface area contributed by atoms with E-state index in [4.69, 9.17) is 9.15 Å². The van der Waals surface area contributed by atoms with Gasteiger partial charge in [-0.2, -0.15) is 0 Å². The zero-order valence-corrected chi connectivity index (χ0v) is 16.8. The third kappa shape index (κ3) is 5.16. The SMILES string of the molecule is CCOC(=O)c1ccc(CNC(=NC)N2CCN(C(=O)c3ccco3)CC2)cc1. The van der Waals surface area contributed by atoms with Gasteiger partial charge in [0, 0.05) is 39.8 Å². The average Bonchev–Trinajstić information content (AvgIpc) is 3.30. The standard InChI is InChI=1S/C21H26N4O4/c1-3-28-20(27)17-8-6-16(7-9-17)15-23-21(22-2)25-12-10-24(11-13-25)19(26)18-5-4-14-29-18/h4-9,14H,3,10-13,15H2,1-2H3,(H,22,23). The van der Waals surface area contributed by atoms with Crippen LogP contribution in [0.4, 0.5) is 0 Å². The van der Waals surface area contributed by atoms with Crippen LogP contribution >= 0.6 is 0 Å². The van der Waals surface area contributed by atoms with Gasteiger partial charge in [0.1, 0.15) is 0 Å². The monoisotopic (exact) mass is 398 g/mol. The number of aliphatic imine (C=N–C) groups is 1. The lowest BCUT2D eigenvalue weighted by atomic mass is 10.1. The van der Waals surface area contributed by atoms with Gasteiger partial charge in [0.2, 0.25) is 0 Å². The molecule has 1 aromatic heterocycles. The van der Waals surface area contributed by atoms with E-state index in [-0.39, 0.29) is 11.9 Å². The number of carbonyl (C=O) groups is 2. The van der Waals surface area contributed by atoms with Crippen molar-refractivity contribution >= 4 is 17.8 Å². The molecular weight excluding hydrogens is 372 g/mol. The average molecular weight is 398 g/mol. The molecule has 2 heterocycles. The Balaban J connectivity index is 1.50. The summed E-state index contributed by atoms with van der Waals surface area (Å²) in [6.07, 6.45) is 1.51. The van der Waals surface area contributed by atoms with Crippen molar-refractivity contribution in [2.45, 2.75) is 13.5 Å². The maximum Gasteiger partial charge on any atom is 0.338 e. The van der Waals surface area contributed by atoms with E-state index in [1.165, 1.54) is 6.26 Å². The Bertz CT molecular complexity index is 838. The van der Waals surface area contributed by atoms with Crippen molar-refractivity contribution in [3.05, 3.63) is 59.5 Å². The molecule has 8 nitrogen and oxygen atoms in total. The number of ether oxygens (including phenoxy) is 1. The second kappa shape index (κ2) is 9.77. The molecule has 0 atom stereocenters. The number of piperazine rings is 1. The number of guanidine groups is 1. The summed E-state index contributed by atoms with van der Waals surface area (Å²) < 4.78 is 10.2. The molecule has 1 amide bonds. The van der Waals surface area contributed by atoms with Crippen LogP contribution in [-0.2, 0) is 11.3 Å². The Hall–Kier alpha value is -3.29. The summed E-state index contributed by atoms with van der Waals surface area (Å²) in [7, 11) is 1.74. The Labute approximate surface area is 170 Å². The first-order valence-electron chi connectivity index (χ1n) is 9.66. The number of hydrogen-bond donors (Lipinski definition) is 1. The first-order chi connectivity index (χ1) is 14.1.